The second-order valence-electron chi connectivity index (χ2n) is 11.7. The maximum Gasteiger partial charge on any atom is 0.226 e. The van der Waals surface area contributed by atoms with Gasteiger partial charge < -0.3 is 4.90 Å². The fourth-order valence-electron chi connectivity index (χ4n) is 5.86. The number of likely N-dealkylation sites (tertiary alicyclic amines) is 1. The van der Waals surface area contributed by atoms with Gasteiger partial charge >= 0.3 is 0 Å². The minimum Gasteiger partial charge on any atom is -0.337 e. The van der Waals surface area contributed by atoms with Crippen molar-refractivity contribution in [1.82, 2.24) is 4.90 Å². The molecule has 1 fully saturated rings. The van der Waals surface area contributed by atoms with Gasteiger partial charge in [-0.1, -0.05) is 76.2 Å². The van der Waals surface area contributed by atoms with Gasteiger partial charge in [0.15, 0.2) is 0 Å². The van der Waals surface area contributed by atoms with Crippen LogP contribution in [0.5, 0.6) is 0 Å². The molecule has 4 atom stereocenters. The van der Waals surface area contributed by atoms with Crippen LogP contribution in [-0.4, -0.2) is 22.9 Å². The number of hydrogen-bond donors (Lipinski definition) is 0. The van der Waals surface area contributed by atoms with E-state index in [-0.39, 0.29) is 16.9 Å². The van der Waals surface area contributed by atoms with E-state index in [0.717, 1.165) is 6.54 Å². The summed E-state index contributed by atoms with van der Waals surface area (Å²) in [5.74, 6) is 3.81. The highest BCUT2D eigenvalue weighted by Crippen LogP contribution is 2.55. The van der Waals surface area contributed by atoms with Gasteiger partial charge in [0.2, 0.25) is 5.91 Å². The predicted molar refractivity (Wildman–Crippen MR) is 119 cm³/mol. The van der Waals surface area contributed by atoms with Gasteiger partial charge in [-0.15, -0.1) is 0 Å². The summed E-state index contributed by atoms with van der Waals surface area (Å²) < 4.78 is 0. The highest BCUT2D eigenvalue weighted by Gasteiger charge is 2.56. The van der Waals surface area contributed by atoms with Gasteiger partial charge in [0, 0.05) is 18.0 Å². The Morgan fingerprint density at radius 3 is 1.67 bits per heavy atom. The number of nitrogens with zero attached hydrogens (tertiary/aromatic N) is 1. The molecule has 2 heteroatoms. The zero-order valence-corrected chi connectivity index (χ0v) is 20.7. The summed E-state index contributed by atoms with van der Waals surface area (Å²) in [6, 6.07) is 0. The number of amides is 1. The molecule has 1 rings (SSSR count). The zero-order valence-electron chi connectivity index (χ0n) is 20.7. The van der Waals surface area contributed by atoms with E-state index in [1.54, 1.807) is 0 Å². The van der Waals surface area contributed by atoms with Crippen molar-refractivity contribution in [3.63, 3.8) is 0 Å². The average Bonchev–Trinajstić information content (AvgIpc) is 2.60. The van der Waals surface area contributed by atoms with Gasteiger partial charge in [-0.25, -0.2) is 0 Å². The molecule has 1 aliphatic rings. The van der Waals surface area contributed by atoms with Gasteiger partial charge in [0.25, 0.3) is 0 Å². The normalized spacial score (nSPS) is 31.0. The number of carbonyl (C=O) groups is 1. The van der Waals surface area contributed by atoms with Crippen LogP contribution in [0.25, 0.3) is 0 Å². The lowest BCUT2D eigenvalue weighted by Crippen LogP contribution is -2.54. The van der Waals surface area contributed by atoms with E-state index in [1.807, 2.05) is 0 Å². The van der Waals surface area contributed by atoms with Crippen LogP contribution in [-0.2, 0) is 4.79 Å². The van der Waals surface area contributed by atoms with E-state index >= 15 is 0 Å². The molecule has 0 saturated carbocycles. The summed E-state index contributed by atoms with van der Waals surface area (Å²) in [4.78, 5) is 16.3. The number of hydrogen-bond acceptors (Lipinski definition) is 1. The fourth-order valence-corrected chi connectivity index (χ4v) is 5.86. The smallest absolute Gasteiger partial charge is 0.226 e. The van der Waals surface area contributed by atoms with Gasteiger partial charge in [-0.2, -0.15) is 0 Å². The molecule has 1 aliphatic heterocycles. The third kappa shape index (κ3) is 4.25. The summed E-state index contributed by atoms with van der Waals surface area (Å²) in [6.45, 7) is 31.2. The third-order valence-electron chi connectivity index (χ3n) is 8.43. The first-order valence-corrected chi connectivity index (χ1v) is 11.4. The molecule has 0 aromatic carbocycles. The van der Waals surface area contributed by atoms with Crippen molar-refractivity contribution in [2.45, 2.75) is 95.5 Å². The van der Waals surface area contributed by atoms with Crippen molar-refractivity contribution < 1.29 is 4.79 Å². The molecular weight excluding hydrogens is 330 g/mol. The van der Waals surface area contributed by atoms with E-state index < -0.39 is 0 Å². The highest BCUT2D eigenvalue weighted by atomic mass is 16.2. The number of carbonyl (C=O) groups excluding carboxylic acids is 1. The lowest BCUT2D eigenvalue weighted by molar-refractivity contribution is -0.146. The molecule has 0 spiro atoms. The van der Waals surface area contributed by atoms with Crippen LogP contribution in [0.4, 0.5) is 0 Å². The zero-order chi connectivity index (χ0) is 21.5. The van der Waals surface area contributed by atoms with Gasteiger partial charge in [-0.3, -0.25) is 4.79 Å². The van der Waals surface area contributed by atoms with Crippen LogP contribution in [0.2, 0.25) is 0 Å². The summed E-state index contributed by atoms with van der Waals surface area (Å²) in [5.41, 5.74) is 0.0237. The van der Waals surface area contributed by atoms with Gasteiger partial charge in [0.1, 0.15) is 0 Å². The SMILES string of the molecule is CC(C)C1C(=O)N(C(C)(C)C(C)C)CC(C(C)C)C(C)(C(C)C)C1C(C)C. The van der Waals surface area contributed by atoms with Crippen molar-refractivity contribution in [1.29, 1.82) is 0 Å². The van der Waals surface area contributed by atoms with E-state index in [1.165, 1.54) is 0 Å². The molecule has 0 aromatic rings. The molecule has 0 aromatic heterocycles. The largest absolute Gasteiger partial charge is 0.337 e. The van der Waals surface area contributed by atoms with Crippen molar-refractivity contribution in [2.75, 3.05) is 6.54 Å². The van der Waals surface area contributed by atoms with Crippen LogP contribution in [0, 0.1) is 52.8 Å². The molecule has 1 heterocycles. The van der Waals surface area contributed by atoms with Crippen LogP contribution >= 0.6 is 0 Å². The lowest BCUT2D eigenvalue weighted by atomic mass is 9.52. The van der Waals surface area contributed by atoms with Crippen LogP contribution in [0.15, 0.2) is 0 Å². The van der Waals surface area contributed by atoms with E-state index in [2.05, 4.69) is 94.9 Å². The fraction of sp³-hybridized carbons (Fsp3) is 0.960. The second kappa shape index (κ2) is 8.46. The Bertz CT molecular complexity index is 502. The average molecular weight is 380 g/mol. The van der Waals surface area contributed by atoms with Crippen molar-refractivity contribution in [2.24, 2.45) is 52.8 Å². The van der Waals surface area contributed by atoms with Crippen LogP contribution in [0.3, 0.4) is 0 Å². The monoisotopic (exact) mass is 379 g/mol. The second-order valence-corrected chi connectivity index (χ2v) is 11.7. The molecule has 160 valence electrons. The minimum atomic E-state index is -0.124. The van der Waals surface area contributed by atoms with Gasteiger partial charge in [0.05, 0.1) is 0 Å². The summed E-state index contributed by atoms with van der Waals surface area (Å²) >= 11 is 0. The van der Waals surface area contributed by atoms with Crippen molar-refractivity contribution in [3.05, 3.63) is 0 Å². The molecule has 1 amide bonds. The molecular formula is C25H49NO. The van der Waals surface area contributed by atoms with Crippen LogP contribution < -0.4 is 0 Å². The molecule has 4 unspecified atom stereocenters. The summed E-state index contributed by atoms with van der Waals surface area (Å²) in [6.07, 6.45) is 0. The molecule has 0 bridgehead atoms. The van der Waals surface area contributed by atoms with E-state index in [0.29, 0.717) is 47.3 Å². The summed E-state index contributed by atoms with van der Waals surface area (Å²) in [7, 11) is 0. The Morgan fingerprint density at radius 2 is 1.37 bits per heavy atom. The Morgan fingerprint density at radius 1 is 0.889 bits per heavy atom. The molecule has 27 heavy (non-hydrogen) atoms. The Balaban J connectivity index is 3.78. The molecule has 0 aliphatic carbocycles. The number of rotatable bonds is 6. The third-order valence-corrected chi connectivity index (χ3v) is 8.43. The lowest BCUT2D eigenvalue weighted by Gasteiger charge is -2.51. The first-order chi connectivity index (χ1) is 12.1. The Labute approximate surface area is 170 Å². The summed E-state index contributed by atoms with van der Waals surface area (Å²) in [5, 5.41) is 0. The van der Waals surface area contributed by atoms with Crippen molar-refractivity contribution in [3.8, 4) is 0 Å². The first-order valence-electron chi connectivity index (χ1n) is 11.4. The van der Waals surface area contributed by atoms with E-state index in [9.17, 15) is 4.79 Å². The maximum absolute atomic E-state index is 14.1. The predicted octanol–water partition coefficient (Wildman–Crippen LogP) is 6.74. The minimum absolute atomic E-state index is 0.0965. The topological polar surface area (TPSA) is 20.3 Å². The quantitative estimate of drug-likeness (QED) is 0.500. The Hall–Kier alpha value is -0.530. The molecule has 1 saturated heterocycles. The molecule has 0 radical (unpaired) electrons. The first kappa shape index (κ1) is 24.5. The Kier molecular flexibility index (Phi) is 7.67. The van der Waals surface area contributed by atoms with E-state index in [4.69, 9.17) is 0 Å². The molecule has 0 N–H and O–H groups in total. The standard InChI is InChI=1S/C25H49NO/c1-15(2)20-14-26(24(11,12)18(7)8)23(27)21(16(3)4)22(17(5)6)25(20,13)19(9)10/h15-22H,14H2,1-13H3. The van der Waals surface area contributed by atoms with Crippen molar-refractivity contribution >= 4 is 5.91 Å². The maximum atomic E-state index is 14.1. The van der Waals surface area contributed by atoms with Crippen LogP contribution in [0.1, 0.15) is 90.0 Å². The highest BCUT2D eigenvalue weighted by molar-refractivity contribution is 5.81. The van der Waals surface area contributed by atoms with Gasteiger partial charge in [-0.05, 0) is 60.7 Å². The molecule has 2 nitrogen and oxygen atoms in total.